The SMILES string of the molecule is C=C(NOCc1ccccc1CONC(=C)C(=NOC)C(=C)NOC)C(N)=O. The number of hydrogen-bond donors (Lipinski definition) is 4. The van der Waals surface area contributed by atoms with Gasteiger partial charge in [0.1, 0.15) is 12.8 Å². The van der Waals surface area contributed by atoms with Crippen molar-refractivity contribution < 1.29 is 24.1 Å². The summed E-state index contributed by atoms with van der Waals surface area (Å²) in [5.41, 5.74) is 15.2. The number of rotatable bonds is 14. The smallest absolute Gasteiger partial charge is 0.266 e. The highest BCUT2D eigenvalue weighted by molar-refractivity contribution is 6.10. The highest BCUT2D eigenvalue weighted by Crippen LogP contribution is 2.11. The largest absolute Gasteiger partial charge is 0.399 e. The molecule has 152 valence electrons. The van der Waals surface area contributed by atoms with Gasteiger partial charge in [0.15, 0.2) is 5.71 Å². The minimum absolute atomic E-state index is 0.0402. The van der Waals surface area contributed by atoms with Gasteiger partial charge >= 0.3 is 0 Å². The second kappa shape index (κ2) is 12.1. The van der Waals surface area contributed by atoms with Crippen LogP contribution in [0.1, 0.15) is 11.1 Å². The third kappa shape index (κ3) is 7.50. The van der Waals surface area contributed by atoms with Crippen molar-refractivity contribution in [1.29, 1.82) is 0 Å². The average Bonchev–Trinajstić information content (AvgIpc) is 2.67. The second-order valence-corrected chi connectivity index (χ2v) is 5.28. The van der Waals surface area contributed by atoms with Crippen LogP contribution in [-0.4, -0.2) is 25.8 Å². The second-order valence-electron chi connectivity index (χ2n) is 5.28. The van der Waals surface area contributed by atoms with E-state index in [0.29, 0.717) is 11.4 Å². The zero-order valence-electron chi connectivity index (χ0n) is 15.9. The van der Waals surface area contributed by atoms with E-state index in [-0.39, 0.29) is 24.6 Å². The fraction of sp³-hybridized carbons (Fsp3) is 0.222. The molecule has 0 aliphatic carbocycles. The number of hydrogen-bond acceptors (Lipinski definition) is 9. The molecule has 1 rings (SSSR count). The standard InChI is InChI=1S/C18H25N5O5/c1-12(20-25-4)17(23-26-5)13(2)21-27-10-15-8-6-7-9-16(15)11-28-22-14(3)18(19)24/h6-9,20-22H,1-3,10-11H2,4-5H3,(H2,19,24). The molecule has 0 saturated carbocycles. The van der Waals surface area contributed by atoms with Crippen LogP contribution in [0.25, 0.3) is 0 Å². The third-order valence-corrected chi connectivity index (χ3v) is 3.24. The molecule has 10 nitrogen and oxygen atoms in total. The molecule has 5 N–H and O–H groups in total. The summed E-state index contributed by atoms with van der Waals surface area (Å²) in [7, 11) is 2.83. The normalized spacial score (nSPS) is 10.7. The van der Waals surface area contributed by atoms with Crippen LogP contribution in [0.15, 0.2) is 66.2 Å². The Labute approximate surface area is 163 Å². The van der Waals surface area contributed by atoms with Gasteiger partial charge in [0.25, 0.3) is 5.91 Å². The predicted molar refractivity (Wildman–Crippen MR) is 103 cm³/mol. The van der Waals surface area contributed by atoms with E-state index >= 15 is 0 Å². The first-order valence-corrected chi connectivity index (χ1v) is 8.00. The maximum Gasteiger partial charge on any atom is 0.266 e. The number of nitrogens with one attached hydrogen (secondary N) is 3. The van der Waals surface area contributed by atoms with Gasteiger partial charge in [0, 0.05) is 0 Å². The predicted octanol–water partition coefficient (Wildman–Crippen LogP) is 0.909. The van der Waals surface area contributed by atoms with Crippen LogP contribution in [0.4, 0.5) is 0 Å². The summed E-state index contributed by atoms with van der Waals surface area (Å²) in [6.07, 6.45) is 0. The third-order valence-electron chi connectivity index (χ3n) is 3.24. The fourth-order valence-electron chi connectivity index (χ4n) is 1.89. The summed E-state index contributed by atoms with van der Waals surface area (Å²) in [5, 5.41) is 3.82. The molecule has 0 saturated heterocycles. The van der Waals surface area contributed by atoms with Crippen LogP contribution in [0.5, 0.6) is 0 Å². The van der Waals surface area contributed by atoms with Crippen molar-refractivity contribution >= 4 is 11.6 Å². The maximum absolute atomic E-state index is 10.9. The van der Waals surface area contributed by atoms with Gasteiger partial charge in [0.2, 0.25) is 0 Å². The zero-order chi connectivity index (χ0) is 20.9. The van der Waals surface area contributed by atoms with E-state index in [4.69, 9.17) is 25.1 Å². The Morgan fingerprint density at radius 2 is 1.46 bits per heavy atom. The van der Waals surface area contributed by atoms with Crippen molar-refractivity contribution in [2.45, 2.75) is 13.2 Å². The number of nitrogens with zero attached hydrogens (tertiary/aromatic N) is 1. The van der Waals surface area contributed by atoms with E-state index in [0.717, 1.165) is 11.1 Å². The highest BCUT2D eigenvalue weighted by Gasteiger charge is 2.11. The van der Waals surface area contributed by atoms with Crippen LogP contribution >= 0.6 is 0 Å². The molecule has 0 fully saturated rings. The maximum atomic E-state index is 10.9. The molecule has 0 aromatic heterocycles. The number of carbonyl (C=O) groups is 1. The molecule has 1 amide bonds. The minimum Gasteiger partial charge on any atom is -0.399 e. The minimum atomic E-state index is -0.697. The van der Waals surface area contributed by atoms with Crippen molar-refractivity contribution in [2.24, 2.45) is 10.9 Å². The lowest BCUT2D eigenvalue weighted by Crippen LogP contribution is -2.27. The number of hydroxylamine groups is 3. The Morgan fingerprint density at radius 1 is 0.964 bits per heavy atom. The Hall–Kier alpha value is -3.34. The molecule has 0 atom stereocenters. The van der Waals surface area contributed by atoms with Gasteiger partial charge in [-0.15, -0.1) is 0 Å². The van der Waals surface area contributed by atoms with E-state index < -0.39 is 5.91 Å². The van der Waals surface area contributed by atoms with Gasteiger partial charge in [-0.1, -0.05) is 49.2 Å². The number of carbonyl (C=O) groups excluding carboxylic acids is 1. The molecule has 1 aromatic carbocycles. The fourth-order valence-corrected chi connectivity index (χ4v) is 1.89. The van der Waals surface area contributed by atoms with Gasteiger partial charge in [-0.3, -0.25) is 35.7 Å². The van der Waals surface area contributed by atoms with E-state index in [1.54, 1.807) is 0 Å². The summed E-state index contributed by atoms with van der Waals surface area (Å²) < 4.78 is 0. The summed E-state index contributed by atoms with van der Waals surface area (Å²) in [5.74, 6) is -0.697. The molecule has 0 radical (unpaired) electrons. The molecular formula is C18H25N5O5. The number of primary amides is 1. The summed E-state index contributed by atoms with van der Waals surface area (Å²) in [6.45, 7) is 11.4. The van der Waals surface area contributed by atoms with Gasteiger partial charge in [-0.2, -0.15) is 0 Å². The first-order valence-electron chi connectivity index (χ1n) is 8.00. The number of amides is 1. The van der Waals surface area contributed by atoms with Gasteiger partial charge < -0.3 is 10.6 Å². The Kier molecular flexibility index (Phi) is 9.83. The average molecular weight is 391 g/mol. The number of nitrogens with two attached hydrogens (primary N) is 1. The summed E-state index contributed by atoms with van der Waals surface area (Å²) in [4.78, 5) is 31.2. The number of benzene rings is 1. The van der Waals surface area contributed by atoms with Crippen LogP contribution in [0, 0.1) is 0 Å². The van der Waals surface area contributed by atoms with E-state index in [2.05, 4.69) is 41.3 Å². The van der Waals surface area contributed by atoms with Crippen molar-refractivity contribution in [3.05, 3.63) is 72.2 Å². The van der Waals surface area contributed by atoms with E-state index in [9.17, 15) is 4.79 Å². The molecule has 10 heteroatoms. The van der Waals surface area contributed by atoms with E-state index in [1.807, 2.05) is 24.3 Å². The molecule has 0 unspecified atom stereocenters. The molecule has 0 heterocycles. The van der Waals surface area contributed by atoms with Crippen LogP contribution in [0.3, 0.4) is 0 Å². The first-order chi connectivity index (χ1) is 13.4. The molecule has 0 spiro atoms. The van der Waals surface area contributed by atoms with Gasteiger partial charge in [-0.05, 0) is 11.1 Å². The molecule has 0 aliphatic rings. The van der Waals surface area contributed by atoms with Crippen LogP contribution < -0.4 is 22.2 Å². The van der Waals surface area contributed by atoms with Crippen molar-refractivity contribution in [3.63, 3.8) is 0 Å². The summed E-state index contributed by atoms with van der Waals surface area (Å²) >= 11 is 0. The topological polar surface area (TPSA) is 128 Å². The highest BCUT2D eigenvalue weighted by atomic mass is 16.7. The Bertz CT molecular complexity index is 748. The first kappa shape index (κ1) is 22.7. The van der Waals surface area contributed by atoms with E-state index in [1.165, 1.54) is 14.2 Å². The lowest BCUT2D eigenvalue weighted by molar-refractivity contribution is -0.116. The molecule has 28 heavy (non-hydrogen) atoms. The van der Waals surface area contributed by atoms with Crippen LogP contribution in [0.2, 0.25) is 0 Å². The van der Waals surface area contributed by atoms with Gasteiger partial charge in [0.05, 0.1) is 31.7 Å². The van der Waals surface area contributed by atoms with Crippen molar-refractivity contribution in [2.75, 3.05) is 14.2 Å². The molecule has 0 bridgehead atoms. The number of oxime groups is 1. The molecular weight excluding hydrogens is 366 g/mol. The zero-order valence-corrected chi connectivity index (χ0v) is 15.9. The lowest BCUT2D eigenvalue weighted by atomic mass is 10.1. The monoisotopic (exact) mass is 391 g/mol. The van der Waals surface area contributed by atoms with Crippen molar-refractivity contribution in [1.82, 2.24) is 16.4 Å². The molecule has 0 aliphatic heterocycles. The summed E-state index contributed by atoms with van der Waals surface area (Å²) in [6, 6.07) is 7.42. The van der Waals surface area contributed by atoms with Gasteiger partial charge in [-0.25, -0.2) is 0 Å². The van der Waals surface area contributed by atoms with Crippen LogP contribution in [-0.2, 0) is 37.4 Å². The lowest BCUT2D eigenvalue weighted by Gasteiger charge is -2.15. The quantitative estimate of drug-likeness (QED) is 0.209. The molecule has 1 aromatic rings. The van der Waals surface area contributed by atoms with Crippen molar-refractivity contribution in [3.8, 4) is 0 Å². The Balaban J connectivity index is 2.61. The Morgan fingerprint density at radius 3 is 1.93 bits per heavy atom.